The molecule has 1 aromatic heterocycles. The zero-order valence-electron chi connectivity index (χ0n) is 15.6. The number of carbonyl (C=O) groups is 1. The second kappa shape index (κ2) is 8.67. The molecule has 3 nitrogen and oxygen atoms in total. The number of piperidine rings is 1. The van der Waals surface area contributed by atoms with Crippen LogP contribution >= 0.6 is 11.3 Å². The normalized spacial score (nSPS) is 15.5. The molecule has 1 saturated heterocycles. The van der Waals surface area contributed by atoms with Gasteiger partial charge in [0.1, 0.15) is 5.82 Å². The SMILES string of the molecule is O=C(NC1CCN(Cc2cccc(-c3cccs3)c2)CC1)c1ccccc1F. The van der Waals surface area contributed by atoms with Gasteiger partial charge in [-0.3, -0.25) is 9.69 Å². The van der Waals surface area contributed by atoms with Gasteiger partial charge in [-0.1, -0.05) is 36.4 Å². The lowest BCUT2D eigenvalue weighted by molar-refractivity contribution is 0.0905. The molecule has 0 atom stereocenters. The van der Waals surface area contributed by atoms with Gasteiger partial charge in [-0.2, -0.15) is 0 Å². The van der Waals surface area contributed by atoms with Crippen molar-refractivity contribution in [2.75, 3.05) is 13.1 Å². The van der Waals surface area contributed by atoms with Crippen molar-refractivity contribution >= 4 is 17.2 Å². The van der Waals surface area contributed by atoms with Crippen LogP contribution in [-0.4, -0.2) is 29.9 Å². The fourth-order valence-electron chi connectivity index (χ4n) is 3.67. The summed E-state index contributed by atoms with van der Waals surface area (Å²) in [5.41, 5.74) is 2.69. The van der Waals surface area contributed by atoms with E-state index >= 15 is 0 Å². The monoisotopic (exact) mass is 394 g/mol. The highest BCUT2D eigenvalue weighted by atomic mass is 32.1. The van der Waals surface area contributed by atoms with E-state index in [0.717, 1.165) is 32.5 Å². The lowest BCUT2D eigenvalue weighted by atomic mass is 10.0. The molecule has 2 aromatic carbocycles. The number of carbonyl (C=O) groups excluding carboxylic acids is 1. The van der Waals surface area contributed by atoms with E-state index in [1.165, 1.54) is 28.1 Å². The predicted octanol–water partition coefficient (Wildman–Crippen LogP) is 4.95. The second-order valence-electron chi connectivity index (χ2n) is 7.18. The van der Waals surface area contributed by atoms with Crippen molar-refractivity contribution in [3.8, 4) is 10.4 Å². The van der Waals surface area contributed by atoms with E-state index < -0.39 is 5.82 Å². The Hall–Kier alpha value is -2.50. The van der Waals surface area contributed by atoms with E-state index in [4.69, 9.17) is 0 Å². The molecular weight excluding hydrogens is 371 g/mol. The summed E-state index contributed by atoms with van der Waals surface area (Å²) < 4.78 is 13.8. The van der Waals surface area contributed by atoms with Crippen molar-refractivity contribution in [3.05, 3.63) is 83.0 Å². The van der Waals surface area contributed by atoms with Crippen LogP contribution in [-0.2, 0) is 6.54 Å². The van der Waals surface area contributed by atoms with Gasteiger partial charge >= 0.3 is 0 Å². The van der Waals surface area contributed by atoms with Gasteiger partial charge in [0.2, 0.25) is 0 Å². The lowest BCUT2D eigenvalue weighted by Crippen LogP contribution is -2.44. The minimum atomic E-state index is -0.469. The first kappa shape index (κ1) is 18.8. The molecule has 0 spiro atoms. The number of hydrogen-bond acceptors (Lipinski definition) is 3. The van der Waals surface area contributed by atoms with Crippen molar-refractivity contribution in [1.29, 1.82) is 0 Å². The number of rotatable bonds is 5. The Morgan fingerprint density at radius 3 is 2.64 bits per heavy atom. The van der Waals surface area contributed by atoms with Gasteiger partial charge in [0, 0.05) is 30.6 Å². The van der Waals surface area contributed by atoms with Gasteiger partial charge in [0.25, 0.3) is 5.91 Å². The largest absolute Gasteiger partial charge is 0.349 e. The van der Waals surface area contributed by atoms with Crippen molar-refractivity contribution < 1.29 is 9.18 Å². The highest BCUT2D eigenvalue weighted by Gasteiger charge is 2.22. The molecule has 1 N–H and O–H groups in total. The Kier molecular flexibility index (Phi) is 5.84. The Bertz CT molecular complexity index is 933. The Labute approximate surface area is 168 Å². The zero-order valence-corrected chi connectivity index (χ0v) is 16.4. The molecule has 144 valence electrons. The van der Waals surface area contributed by atoms with Crippen LogP contribution in [0.25, 0.3) is 10.4 Å². The molecule has 4 rings (SSSR count). The Balaban J connectivity index is 1.31. The first-order chi connectivity index (χ1) is 13.7. The summed E-state index contributed by atoms with van der Waals surface area (Å²) >= 11 is 1.76. The summed E-state index contributed by atoms with van der Waals surface area (Å²) in [6.07, 6.45) is 1.76. The number of nitrogens with one attached hydrogen (secondary N) is 1. The molecule has 1 aliphatic rings. The smallest absolute Gasteiger partial charge is 0.254 e. The average Bonchev–Trinajstić information content (AvgIpc) is 3.25. The predicted molar refractivity (Wildman–Crippen MR) is 112 cm³/mol. The molecule has 3 aromatic rings. The van der Waals surface area contributed by atoms with Gasteiger partial charge < -0.3 is 5.32 Å². The van der Waals surface area contributed by atoms with Crippen LogP contribution in [0.15, 0.2) is 66.0 Å². The average molecular weight is 395 g/mol. The van der Waals surface area contributed by atoms with E-state index in [1.807, 2.05) is 0 Å². The van der Waals surface area contributed by atoms with Gasteiger partial charge in [-0.25, -0.2) is 4.39 Å². The molecular formula is C23H23FN2OS. The molecule has 0 bridgehead atoms. The summed E-state index contributed by atoms with van der Waals surface area (Å²) in [7, 11) is 0. The number of thiophene rings is 1. The minimum Gasteiger partial charge on any atom is -0.349 e. The first-order valence-electron chi connectivity index (χ1n) is 9.59. The van der Waals surface area contributed by atoms with E-state index in [-0.39, 0.29) is 17.5 Å². The van der Waals surface area contributed by atoms with Crippen molar-refractivity contribution in [1.82, 2.24) is 10.2 Å². The molecule has 1 fully saturated rings. The molecule has 2 heterocycles. The molecule has 0 aliphatic carbocycles. The fraction of sp³-hybridized carbons (Fsp3) is 0.261. The quantitative estimate of drug-likeness (QED) is 0.664. The van der Waals surface area contributed by atoms with Crippen LogP contribution < -0.4 is 5.32 Å². The van der Waals surface area contributed by atoms with Crippen molar-refractivity contribution in [3.63, 3.8) is 0 Å². The van der Waals surface area contributed by atoms with E-state index in [2.05, 4.69) is 52.0 Å². The highest BCUT2D eigenvalue weighted by molar-refractivity contribution is 7.13. The number of halogens is 1. The Morgan fingerprint density at radius 1 is 1.07 bits per heavy atom. The third-order valence-corrected chi connectivity index (χ3v) is 6.10. The minimum absolute atomic E-state index is 0.0980. The van der Waals surface area contributed by atoms with E-state index in [9.17, 15) is 9.18 Å². The third-order valence-electron chi connectivity index (χ3n) is 5.18. The molecule has 0 unspecified atom stereocenters. The fourth-order valence-corrected chi connectivity index (χ4v) is 4.39. The zero-order chi connectivity index (χ0) is 19.3. The standard InChI is InChI=1S/C23H23FN2OS/c24-21-8-2-1-7-20(21)23(27)25-19-10-12-26(13-11-19)16-17-5-3-6-18(15-17)22-9-4-14-28-22/h1-9,14-15,19H,10-13,16H2,(H,25,27). The highest BCUT2D eigenvalue weighted by Crippen LogP contribution is 2.26. The maximum atomic E-state index is 13.8. The lowest BCUT2D eigenvalue weighted by Gasteiger charge is -2.32. The Morgan fingerprint density at radius 2 is 1.89 bits per heavy atom. The number of benzene rings is 2. The van der Waals surface area contributed by atoms with Crippen LogP contribution in [0.3, 0.4) is 0 Å². The topological polar surface area (TPSA) is 32.3 Å². The molecule has 1 aliphatic heterocycles. The van der Waals surface area contributed by atoms with Gasteiger partial charge in [-0.15, -0.1) is 11.3 Å². The second-order valence-corrected chi connectivity index (χ2v) is 8.13. The summed E-state index contributed by atoms with van der Waals surface area (Å²) in [4.78, 5) is 16.0. The maximum absolute atomic E-state index is 13.8. The van der Waals surface area contributed by atoms with Crippen LogP contribution in [0.2, 0.25) is 0 Å². The number of likely N-dealkylation sites (tertiary alicyclic amines) is 1. The summed E-state index contributed by atoms with van der Waals surface area (Å²) in [5.74, 6) is -0.789. The molecule has 0 radical (unpaired) electrons. The third kappa shape index (κ3) is 4.49. The van der Waals surface area contributed by atoms with Crippen LogP contribution in [0.5, 0.6) is 0 Å². The first-order valence-corrected chi connectivity index (χ1v) is 10.5. The molecule has 0 saturated carbocycles. The number of hydrogen-bond donors (Lipinski definition) is 1. The summed E-state index contributed by atoms with van der Waals surface area (Å²) in [6.45, 7) is 2.75. The number of amides is 1. The van der Waals surface area contributed by atoms with Crippen LogP contribution in [0, 0.1) is 5.82 Å². The van der Waals surface area contributed by atoms with Crippen LogP contribution in [0.1, 0.15) is 28.8 Å². The van der Waals surface area contributed by atoms with Gasteiger partial charge in [-0.05, 0) is 53.6 Å². The van der Waals surface area contributed by atoms with E-state index in [0.29, 0.717) is 0 Å². The summed E-state index contributed by atoms with van der Waals surface area (Å²) in [5, 5.41) is 5.08. The molecule has 5 heteroatoms. The van der Waals surface area contributed by atoms with E-state index in [1.54, 1.807) is 23.5 Å². The van der Waals surface area contributed by atoms with Crippen molar-refractivity contribution in [2.24, 2.45) is 0 Å². The van der Waals surface area contributed by atoms with Gasteiger partial charge in [0.05, 0.1) is 5.56 Å². The van der Waals surface area contributed by atoms with Crippen LogP contribution in [0.4, 0.5) is 4.39 Å². The van der Waals surface area contributed by atoms with Crippen molar-refractivity contribution in [2.45, 2.75) is 25.4 Å². The molecule has 28 heavy (non-hydrogen) atoms. The van der Waals surface area contributed by atoms with Gasteiger partial charge in [0.15, 0.2) is 0 Å². The maximum Gasteiger partial charge on any atom is 0.254 e. The molecule has 1 amide bonds. The summed E-state index contributed by atoms with van der Waals surface area (Å²) in [6, 6.07) is 19.2. The number of nitrogens with zero attached hydrogens (tertiary/aromatic N) is 1.